The molecule has 4 aromatic rings. The highest BCUT2D eigenvalue weighted by Crippen LogP contribution is 2.28. The van der Waals surface area contributed by atoms with Crippen molar-refractivity contribution in [2.24, 2.45) is 0 Å². The van der Waals surface area contributed by atoms with Gasteiger partial charge in [-0.25, -0.2) is 4.52 Å². The van der Waals surface area contributed by atoms with Gasteiger partial charge in [0, 0.05) is 10.9 Å². The summed E-state index contributed by atoms with van der Waals surface area (Å²) in [5.41, 5.74) is 2.82. The van der Waals surface area contributed by atoms with Crippen molar-refractivity contribution in [1.29, 1.82) is 0 Å². The fourth-order valence-corrected chi connectivity index (χ4v) is 3.50. The van der Waals surface area contributed by atoms with Gasteiger partial charge in [-0.15, -0.1) is 16.4 Å². The van der Waals surface area contributed by atoms with Gasteiger partial charge in [0.1, 0.15) is 5.75 Å². The molecule has 1 N–H and O–H groups in total. The van der Waals surface area contributed by atoms with Crippen LogP contribution in [0.25, 0.3) is 16.2 Å². The number of rotatable bonds is 5. The molecule has 0 aliphatic rings. The second-order valence-electron chi connectivity index (χ2n) is 5.69. The van der Waals surface area contributed by atoms with E-state index in [2.05, 4.69) is 15.4 Å². The van der Waals surface area contributed by atoms with Crippen molar-refractivity contribution in [3.63, 3.8) is 0 Å². The van der Waals surface area contributed by atoms with Gasteiger partial charge in [0.05, 0.1) is 19.2 Å². The Hall–Kier alpha value is -3.19. The quantitative estimate of drug-likeness (QED) is 0.587. The topological polar surface area (TPSA) is 68.5 Å². The Bertz CT molecular complexity index is 1060. The highest BCUT2D eigenvalue weighted by atomic mass is 32.1. The number of benzene rings is 2. The Kier molecular flexibility index (Phi) is 4.37. The van der Waals surface area contributed by atoms with Crippen molar-refractivity contribution in [2.45, 2.75) is 6.42 Å². The third kappa shape index (κ3) is 3.29. The Morgan fingerprint density at radius 3 is 2.85 bits per heavy atom. The van der Waals surface area contributed by atoms with Gasteiger partial charge in [-0.1, -0.05) is 42.5 Å². The Morgan fingerprint density at radius 2 is 2.04 bits per heavy atom. The van der Waals surface area contributed by atoms with Crippen LogP contribution in [0, 0.1) is 0 Å². The molecule has 0 bridgehead atoms. The number of nitrogens with one attached hydrogen (secondary N) is 1. The molecule has 26 heavy (non-hydrogen) atoms. The van der Waals surface area contributed by atoms with Crippen LogP contribution in [0.4, 0.5) is 5.95 Å². The minimum absolute atomic E-state index is 0.141. The summed E-state index contributed by atoms with van der Waals surface area (Å²) in [4.78, 5) is 17.3. The van der Waals surface area contributed by atoms with Crippen molar-refractivity contribution < 1.29 is 9.53 Å². The zero-order chi connectivity index (χ0) is 17.9. The molecule has 0 unspecified atom stereocenters. The first kappa shape index (κ1) is 16.3. The standard InChI is InChI=1S/C19H16N4O2S/c1-25-15-9-5-8-14(11-15)16-12-26-19-21-18(22-23(16)19)20-17(24)10-13-6-3-2-4-7-13/h2-9,11-12H,10H2,1H3,(H,20,22,24). The second-order valence-corrected chi connectivity index (χ2v) is 6.53. The van der Waals surface area contributed by atoms with E-state index in [9.17, 15) is 4.79 Å². The van der Waals surface area contributed by atoms with Crippen LogP contribution in [0.2, 0.25) is 0 Å². The van der Waals surface area contributed by atoms with E-state index in [0.29, 0.717) is 5.95 Å². The second kappa shape index (κ2) is 6.97. The molecule has 130 valence electrons. The summed E-state index contributed by atoms with van der Waals surface area (Å²) >= 11 is 1.47. The zero-order valence-electron chi connectivity index (χ0n) is 14.0. The van der Waals surface area contributed by atoms with Gasteiger partial charge in [-0.3, -0.25) is 10.1 Å². The summed E-state index contributed by atoms with van der Waals surface area (Å²) in [7, 11) is 1.64. The number of aromatic nitrogens is 3. The number of methoxy groups -OCH3 is 1. The van der Waals surface area contributed by atoms with Crippen LogP contribution in [-0.2, 0) is 11.2 Å². The van der Waals surface area contributed by atoms with E-state index in [1.54, 1.807) is 11.6 Å². The fourth-order valence-electron chi connectivity index (χ4n) is 2.67. The highest BCUT2D eigenvalue weighted by molar-refractivity contribution is 7.15. The molecule has 2 aromatic heterocycles. The van der Waals surface area contributed by atoms with Crippen LogP contribution < -0.4 is 10.1 Å². The molecule has 4 rings (SSSR count). The predicted octanol–water partition coefficient (Wildman–Crippen LogP) is 3.65. The Balaban J connectivity index is 1.56. The molecule has 0 aliphatic heterocycles. The third-order valence-electron chi connectivity index (χ3n) is 3.91. The van der Waals surface area contributed by atoms with Crippen LogP contribution in [0.1, 0.15) is 5.56 Å². The van der Waals surface area contributed by atoms with E-state index in [1.807, 2.05) is 60.0 Å². The van der Waals surface area contributed by atoms with Crippen molar-refractivity contribution in [2.75, 3.05) is 12.4 Å². The van der Waals surface area contributed by atoms with E-state index in [-0.39, 0.29) is 12.3 Å². The van der Waals surface area contributed by atoms with Gasteiger partial charge in [-0.05, 0) is 17.7 Å². The van der Waals surface area contributed by atoms with Crippen molar-refractivity contribution in [1.82, 2.24) is 14.6 Å². The minimum Gasteiger partial charge on any atom is -0.497 e. The lowest BCUT2D eigenvalue weighted by molar-refractivity contribution is -0.115. The van der Waals surface area contributed by atoms with Gasteiger partial charge < -0.3 is 4.74 Å². The smallest absolute Gasteiger partial charge is 0.250 e. The van der Waals surface area contributed by atoms with Gasteiger partial charge in [0.2, 0.25) is 16.8 Å². The average molecular weight is 364 g/mol. The Labute approximate surface area is 154 Å². The number of ether oxygens (including phenoxy) is 1. The van der Waals surface area contributed by atoms with Crippen LogP contribution in [0.15, 0.2) is 60.0 Å². The van der Waals surface area contributed by atoms with Crippen LogP contribution >= 0.6 is 11.3 Å². The minimum atomic E-state index is -0.141. The van der Waals surface area contributed by atoms with Gasteiger partial charge >= 0.3 is 0 Å². The summed E-state index contributed by atoms with van der Waals surface area (Å²) in [6.07, 6.45) is 0.288. The summed E-state index contributed by atoms with van der Waals surface area (Å²) < 4.78 is 7.01. The molecule has 7 heteroatoms. The van der Waals surface area contributed by atoms with E-state index < -0.39 is 0 Å². The highest BCUT2D eigenvalue weighted by Gasteiger charge is 2.14. The van der Waals surface area contributed by atoms with Crippen molar-refractivity contribution >= 4 is 28.2 Å². The molecular formula is C19H16N4O2S. The van der Waals surface area contributed by atoms with E-state index in [0.717, 1.165) is 27.5 Å². The summed E-state index contributed by atoms with van der Waals surface area (Å²) in [6, 6.07) is 17.3. The summed E-state index contributed by atoms with van der Waals surface area (Å²) in [5.74, 6) is 0.942. The van der Waals surface area contributed by atoms with E-state index in [1.165, 1.54) is 11.3 Å². The van der Waals surface area contributed by atoms with Crippen LogP contribution in [0.5, 0.6) is 5.75 Å². The number of nitrogens with zero attached hydrogens (tertiary/aromatic N) is 3. The predicted molar refractivity (Wildman–Crippen MR) is 102 cm³/mol. The number of amides is 1. The molecule has 0 radical (unpaired) electrons. The van der Waals surface area contributed by atoms with E-state index >= 15 is 0 Å². The lowest BCUT2D eigenvalue weighted by Crippen LogP contribution is -2.15. The number of thiazole rings is 1. The molecule has 0 atom stereocenters. The zero-order valence-corrected chi connectivity index (χ0v) is 14.9. The van der Waals surface area contributed by atoms with Crippen LogP contribution in [-0.4, -0.2) is 27.6 Å². The number of hydrogen-bond donors (Lipinski definition) is 1. The van der Waals surface area contributed by atoms with E-state index in [4.69, 9.17) is 4.74 Å². The molecule has 2 aromatic carbocycles. The molecule has 0 fully saturated rings. The van der Waals surface area contributed by atoms with Gasteiger partial charge in [0.15, 0.2) is 0 Å². The summed E-state index contributed by atoms with van der Waals surface area (Å²) in [5, 5.41) is 9.18. The average Bonchev–Trinajstić information content (AvgIpc) is 3.22. The number of carbonyl (C=O) groups is 1. The number of anilines is 1. The monoisotopic (exact) mass is 364 g/mol. The first-order valence-electron chi connectivity index (χ1n) is 8.05. The molecule has 1 amide bonds. The van der Waals surface area contributed by atoms with Gasteiger partial charge in [0.25, 0.3) is 0 Å². The maximum Gasteiger partial charge on any atom is 0.250 e. The fraction of sp³-hybridized carbons (Fsp3) is 0.105. The molecule has 0 saturated heterocycles. The molecule has 2 heterocycles. The molecule has 6 nitrogen and oxygen atoms in total. The maximum absolute atomic E-state index is 12.2. The molecule has 0 spiro atoms. The number of fused-ring (bicyclic) bond motifs is 1. The first-order chi connectivity index (χ1) is 12.7. The van der Waals surface area contributed by atoms with Crippen LogP contribution in [0.3, 0.4) is 0 Å². The maximum atomic E-state index is 12.2. The normalized spacial score (nSPS) is 10.8. The first-order valence-corrected chi connectivity index (χ1v) is 8.93. The number of hydrogen-bond acceptors (Lipinski definition) is 5. The van der Waals surface area contributed by atoms with Gasteiger partial charge in [-0.2, -0.15) is 4.98 Å². The summed E-state index contributed by atoms with van der Waals surface area (Å²) in [6.45, 7) is 0. The number of carbonyl (C=O) groups excluding carboxylic acids is 1. The van der Waals surface area contributed by atoms with Crippen molar-refractivity contribution in [3.8, 4) is 17.0 Å². The largest absolute Gasteiger partial charge is 0.497 e. The Morgan fingerprint density at radius 1 is 1.19 bits per heavy atom. The third-order valence-corrected chi connectivity index (χ3v) is 4.72. The van der Waals surface area contributed by atoms with Crippen molar-refractivity contribution in [3.05, 3.63) is 65.5 Å². The lowest BCUT2D eigenvalue weighted by Gasteiger charge is -2.03. The lowest BCUT2D eigenvalue weighted by atomic mass is 10.1. The molecular weight excluding hydrogens is 348 g/mol. The molecule has 0 saturated carbocycles. The SMILES string of the molecule is COc1cccc(-c2csc3nc(NC(=O)Cc4ccccc4)nn23)c1. The molecule has 0 aliphatic carbocycles.